The minimum absolute atomic E-state index is 0.315. The van der Waals surface area contributed by atoms with Crippen molar-refractivity contribution < 1.29 is 23.1 Å². The van der Waals surface area contributed by atoms with Crippen LogP contribution in [0.3, 0.4) is 0 Å². The molecule has 2 aromatic carbocycles. The van der Waals surface area contributed by atoms with E-state index in [1.54, 1.807) is 31.2 Å². The second-order valence-electron chi connectivity index (χ2n) is 6.42. The second-order valence-corrected chi connectivity index (χ2v) is 6.42. The molecule has 1 amide bonds. The summed E-state index contributed by atoms with van der Waals surface area (Å²) in [5.41, 5.74) is 1.28. The Morgan fingerprint density at radius 1 is 1.23 bits per heavy atom. The number of carbonyl (C=O) groups excluding carboxylic acids is 1. The van der Waals surface area contributed by atoms with Crippen LogP contribution in [0.15, 0.2) is 40.8 Å². The Morgan fingerprint density at radius 2 is 2.00 bits per heavy atom. The summed E-state index contributed by atoms with van der Waals surface area (Å²) in [6.07, 6.45) is -0.514. The third-order valence-electron chi connectivity index (χ3n) is 4.56. The number of ether oxygens (including phenoxy) is 2. The van der Waals surface area contributed by atoms with Crippen LogP contribution in [-0.2, 0) is 0 Å². The van der Waals surface area contributed by atoms with Crippen molar-refractivity contribution in [1.29, 1.82) is 0 Å². The number of furan rings is 1. The van der Waals surface area contributed by atoms with Crippen molar-refractivity contribution in [1.82, 2.24) is 25.9 Å². The van der Waals surface area contributed by atoms with Gasteiger partial charge in [-0.3, -0.25) is 4.79 Å². The predicted molar refractivity (Wildman–Crippen MR) is 105 cm³/mol. The number of methoxy groups -OCH3 is 1. The van der Waals surface area contributed by atoms with E-state index in [0.29, 0.717) is 45.2 Å². The summed E-state index contributed by atoms with van der Waals surface area (Å²) in [6.45, 7) is 1.76. The number of benzene rings is 2. The van der Waals surface area contributed by atoms with Crippen molar-refractivity contribution in [2.24, 2.45) is 0 Å². The fourth-order valence-electron chi connectivity index (χ4n) is 3.10. The van der Waals surface area contributed by atoms with Gasteiger partial charge in [0, 0.05) is 24.1 Å². The molecule has 0 aliphatic rings. The number of nitrogens with one attached hydrogen (secondary N) is 2. The first-order valence-corrected chi connectivity index (χ1v) is 9.04. The number of rotatable bonds is 6. The Balaban J connectivity index is 1.85. The number of hydrogen-bond donors (Lipinski definition) is 2. The summed E-state index contributed by atoms with van der Waals surface area (Å²) >= 11 is 0. The van der Waals surface area contributed by atoms with Crippen molar-refractivity contribution in [3.05, 3.63) is 53.6 Å². The van der Waals surface area contributed by atoms with E-state index in [1.807, 2.05) is 0 Å². The van der Waals surface area contributed by atoms with E-state index in [0.717, 1.165) is 0 Å². The van der Waals surface area contributed by atoms with E-state index >= 15 is 0 Å². The quantitative estimate of drug-likeness (QED) is 0.500. The zero-order valence-electron chi connectivity index (χ0n) is 16.4. The lowest BCUT2D eigenvalue weighted by atomic mass is 10.0. The zero-order valence-corrected chi connectivity index (χ0v) is 16.4. The third kappa shape index (κ3) is 3.43. The fraction of sp³-hybridized carbons (Fsp3) is 0.200. The predicted octanol–water partition coefficient (Wildman–Crippen LogP) is 3.26. The largest absolute Gasteiger partial charge is 0.493 e. The van der Waals surface area contributed by atoms with Gasteiger partial charge < -0.3 is 19.2 Å². The number of aromatic nitrogens is 4. The average molecular weight is 411 g/mol. The number of fused-ring (bicyclic) bond motifs is 1. The van der Waals surface area contributed by atoms with Crippen molar-refractivity contribution in [2.45, 2.75) is 13.0 Å². The van der Waals surface area contributed by atoms with Crippen molar-refractivity contribution in [3.63, 3.8) is 0 Å². The van der Waals surface area contributed by atoms with E-state index < -0.39 is 6.10 Å². The molecule has 10 heteroatoms. The number of tetrazole rings is 1. The van der Waals surface area contributed by atoms with Gasteiger partial charge in [-0.2, -0.15) is 5.21 Å². The molecule has 0 fully saturated rings. The molecule has 0 radical (unpaired) electrons. The Kier molecular flexibility index (Phi) is 5.05. The molecule has 0 spiro atoms. The van der Waals surface area contributed by atoms with Crippen LogP contribution in [0.25, 0.3) is 22.3 Å². The maximum atomic E-state index is 13.4. The lowest BCUT2D eigenvalue weighted by Crippen LogP contribution is -2.18. The molecule has 0 bridgehead atoms. The minimum atomic E-state index is -0.514. The molecule has 0 saturated heterocycles. The highest BCUT2D eigenvalue weighted by Gasteiger charge is 2.24. The number of carbonyl (C=O) groups is 1. The maximum Gasteiger partial charge on any atom is 0.255 e. The van der Waals surface area contributed by atoms with Gasteiger partial charge >= 0.3 is 0 Å². The third-order valence-corrected chi connectivity index (χ3v) is 4.56. The van der Waals surface area contributed by atoms with Gasteiger partial charge in [-0.15, -0.1) is 10.2 Å². The van der Waals surface area contributed by atoms with Gasteiger partial charge in [0.05, 0.1) is 12.7 Å². The van der Waals surface area contributed by atoms with E-state index in [2.05, 4.69) is 25.9 Å². The van der Waals surface area contributed by atoms with E-state index in [9.17, 15) is 9.18 Å². The smallest absolute Gasteiger partial charge is 0.255 e. The van der Waals surface area contributed by atoms with Crippen LogP contribution in [0.4, 0.5) is 4.39 Å². The first kappa shape index (κ1) is 19.4. The van der Waals surface area contributed by atoms with E-state index in [-0.39, 0.29) is 11.7 Å². The Labute approximate surface area is 170 Å². The number of halogens is 1. The molecule has 1 unspecified atom stereocenters. The number of amides is 1. The maximum absolute atomic E-state index is 13.4. The number of aromatic amines is 1. The molecule has 0 aliphatic carbocycles. The van der Waals surface area contributed by atoms with Crippen LogP contribution in [0.5, 0.6) is 11.5 Å². The van der Waals surface area contributed by atoms with Gasteiger partial charge in [0.2, 0.25) is 5.82 Å². The molecule has 2 aromatic heterocycles. The zero-order chi connectivity index (χ0) is 21.3. The molecule has 0 aliphatic heterocycles. The number of H-pyrrole nitrogens is 1. The van der Waals surface area contributed by atoms with Crippen LogP contribution < -0.4 is 14.8 Å². The Morgan fingerprint density at radius 3 is 2.63 bits per heavy atom. The lowest BCUT2D eigenvalue weighted by Gasteiger charge is -2.14. The van der Waals surface area contributed by atoms with Gasteiger partial charge in [0.25, 0.3) is 5.91 Å². The van der Waals surface area contributed by atoms with Crippen LogP contribution >= 0.6 is 0 Å². The Hall–Kier alpha value is -3.95. The lowest BCUT2D eigenvalue weighted by molar-refractivity contribution is 0.0964. The fourth-order valence-corrected chi connectivity index (χ4v) is 3.10. The molecular formula is C20H18FN5O4. The van der Waals surface area contributed by atoms with Gasteiger partial charge in [-0.05, 0) is 37.3 Å². The van der Waals surface area contributed by atoms with Gasteiger partial charge in [0.15, 0.2) is 17.6 Å². The summed E-state index contributed by atoms with van der Waals surface area (Å²) in [6, 6.07) is 8.99. The summed E-state index contributed by atoms with van der Waals surface area (Å²) in [7, 11) is 3.02. The molecule has 9 nitrogen and oxygen atoms in total. The monoisotopic (exact) mass is 411 g/mol. The average Bonchev–Trinajstić information content (AvgIpc) is 3.41. The molecule has 30 heavy (non-hydrogen) atoms. The van der Waals surface area contributed by atoms with Crippen LogP contribution in [0, 0.1) is 5.82 Å². The SMILES string of the molecule is CNC(=O)c1c(-c2ccc(F)cc2)oc2cc(OC(C)c3nn[nH]n3)c(OC)cc12. The highest BCUT2D eigenvalue weighted by atomic mass is 19.1. The highest BCUT2D eigenvalue weighted by molar-refractivity contribution is 6.11. The van der Waals surface area contributed by atoms with Gasteiger partial charge in [0.1, 0.15) is 17.2 Å². The van der Waals surface area contributed by atoms with E-state index in [4.69, 9.17) is 13.9 Å². The topological polar surface area (TPSA) is 115 Å². The molecule has 154 valence electrons. The molecule has 0 saturated carbocycles. The van der Waals surface area contributed by atoms with Crippen LogP contribution in [-0.4, -0.2) is 40.7 Å². The van der Waals surface area contributed by atoms with Crippen molar-refractivity contribution in [2.75, 3.05) is 14.2 Å². The highest BCUT2D eigenvalue weighted by Crippen LogP contribution is 2.41. The van der Waals surface area contributed by atoms with Crippen LogP contribution in [0.1, 0.15) is 29.2 Å². The molecule has 4 aromatic rings. The molecule has 2 heterocycles. The van der Waals surface area contributed by atoms with Crippen molar-refractivity contribution in [3.8, 4) is 22.8 Å². The number of nitrogens with zero attached hydrogens (tertiary/aromatic N) is 3. The second kappa shape index (κ2) is 7.82. The molecular weight excluding hydrogens is 393 g/mol. The standard InChI is InChI=1S/C20H18FN5O4/c1-10(19-23-25-26-24-19)29-16-9-14-13(8-15(16)28-3)17(20(27)22-2)18(30-14)11-4-6-12(21)7-5-11/h4-10H,1-3H3,(H,22,27)(H,23,24,25,26). The van der Waals surface area contributed by atoms with Crippen LogP contribution in [0.2, 0.25) is 0 Å². The molecule has 4 rings (SSSR count). The van der Waals surface area contributed by atoms with E-state index in [1.165, 1.54) is 26.3 Å². The van der Waals surface area contributed by atoms with Crippen molar-refractivity contribution >= 4 is 16.9 Å². The molecule has 2 N–H and O–H groups in total. The summed E-state index contributed by atoms with van der Waals surface area (Å²) in [5, 5.41) is 16.9. The summed E-state index contributed by atoms with van der Waals surface area (Å²) in [5.74, 6) is 0.733. The van der Waals surface area contributed by atoms with Gasteiger partial charge in [-0.1, -0.05) is 5.21 Å². The van der Waals surface area contributed by atoms with Gasteiger partial charge in [-0.25, -0.2) is 4.39 Å². The normalized spacial score (nSPS) is 12.0. The number of hydrogen-bond acceptors (Lipinski definition) is 7. The summed E-state index contributed by atoms with van der Waals surface area (Å²) < 4.78 is 30.7. The Bertz CT molecular complexity index is 1190. The summed E-state index contributed by atoms with van der Waals surface area (Å²) in [4.78, 5) is 12.6. The molecule has 1 atom stereocenters. The first-order chi connectivity index (χ1) is 14.5. The first-order valence-electron chi connectivity index (χ1n) is 9.04. The minimum Gasteiger partial charge on any atom is -0.493 e.